The first-order valence-corrected chi connectivity index (χ1v) is 9.25. The van der Waals surface area contributed by atoms with Gasteiger partial charge >= 0.3 is 0 Å². The van der Waals surface area contributed by atoms with Gasteiger partial charge in [-0.05, 0) is 53.5 Å². The zero-order valence-electron chi connectivity index (χ0n) is 15.4. The van der Waals surface area contributed by atoms with Crippen molar-refractivity contribution in [3.63, 3.8) is 0 Å². The van der Waals surface area contributed by atoms with E-state index in [0.29, 0.717) is 29.9 Å². The molecular weight excluding hydrogens is 354 g/mol. The van der Waals surface area contributed by atoms with Crippen LogP contribution in [0.5, 0.6) is 11.5 Å². The van der Waals surface area contributed by atoms with Crippen LogP contribution >= 0.6 is 0 Å². The molecule has 2 aromatic carbocycles. The van der Waals surface area contributed by atoms with Gasteiger partial charge in [-0.1, -0.05) is 12.1 Å². The molecule has 2 aliphatic rings. The lowest BCUT2D eigenvalue weighted by atomic mass is 9.95. The summed E-state index contributed by atoms with van der Waals surface area (Å²) in [6, 6.07) is 11.5. The van der Waals surface area contributed by atoms with Gasteiger partial charge < -0.3 is 14.5 Å². The molecule has 6 nitrogen and oxygen atoms in total. The molecule has 28 heavy (non-hydrogen) atoms. The van der Waals surface area contributed by atoms with Crippen LogP contribution < -0.4 is 15.0 Å². The van der Waals surface area contributed by atoms with E-state index in [9.17, 15) is 4.79 Å². The number of nitrogens with one attached hydrogen (secondary N) is 1. The van der Waals surface area contributed by atoms with Crippen molar-refractivity contribution in [1.82, 2.24) is 9.97 Å². The summed E-state index contributed by atoms with van der Waals surface area (Å²) in [6.45, 7) is 1.17. The number of aliphatic imine (C=N–C) groups is 1. The highest BCUT2D eigenvalue weighted by atomic mass is 16.5. The minimum absolute atomic E-state index is 0.0129. The van der Waals surface area contributed by atoms with Crippen LogP contribution in [0.4, 0.5) is 0 Å². The molecule has 0 bridgehead atoms. The second-order valence-electron chi connectivity index (χ2n) is 7.02. The highest BCUT2D eigenvalue weighted by molar-refractivity contribution is 6.12. The summed E-state index contributed by atoms with van der Waals surface area (Å²) in [5.41, 5.74) is 3.64. The number of H-pyrrole nitrogens is 1. The van der Waals surface area contributed by atoms with Crippen molar-refractivity contribution in [3.8, 4) is 11.5 Å². The second-order valence-corrected chi connectivity index (χ2v) is 7.02. The molecule has 1 aromatic heterocycles. The van der Waals surface area contributed by atoms with E-state index in [1.165, 1.54) is 0 Å². The van der Waals surface area contributed by atoms with E-state index in [0.717, 1.165) is 34.6 Å². The maximum atomic E-state index is 12.7. The van der Waals surface area contributed by atoms with Crippen LogP contribution in [0.3, 0.4) is 0 Å². The van der Waals surface area contributed by atoms with Crippen molar-refractivity contribution >= 4 is 22.7 Å². The third-order valence-corrected chi connectivity index (χ3v) is 5.26. The molecule has 0 spiro atoms. The first kappa shape index (κ1) is 16.7. The Labute approximate surface area is 161 Å². The van der Waals surface area contributed by atoms with Gasteiger partial charge in [-0.15, -0.1) is 0 Å². The first-order valence-electron chi connectivity index (χ1n) is 9.25. The van der Waals surface area contributed by atoms with Crippen molar-refractivity contribution in [3.05, 3.63) is 69.8 Å². The van der Waals surface area contributed by atoms with Crippen LogP contribution in [0.2, 0.25) is 0 Å². The van der Waals surface area contributed by atoms with Crippen molar-refractivity contribution in [2.75, 3.05) is 20.3 Å². The molecule has 0 saturated carbocycles. The lowest BCUT2D eigenvalue weighted by molar-refractivity contribution is 0.257. The number of methoxy groups -OCH3 is 1. The molecule has 1 unspecified atom stereocenters. The number of ether oxygens (including phenoxy) is 2. The summed E-state index contributed by atoms with van der Waals surface area (Å²) in [7, 11) is 1.65. The summed E-state index contributed by atoms with van der Waals surface area (Å²) >= 11 is 0. The third kappa shape index (κ3) is 2.87. The van der Waals surface area contributed by atoms with Crippen molar-refractivity contribution in [2.45, 2.75) is 12.3 Å². The fraction of sp³-hybridized carbons (Fsp3) is 0.227. The van der Waals surface area contributed by atoms with Gasteiger partial charge in [-0.2, -0.15) is 0 Å². The summed E-state index contributed by atoms with van der Waals surface area (Å²) in [5.74, 6) is 2.29. The van der Waals surface area contributed by atoms with Gasteiger partial charge in [0.2, 0.25) is 0 Å². The number of hydrogen-bond donors (Lipinski definition) is 1. The molecular formula is C22H19N3O3. The number of rotatable bonds is 3. The Kier molecular flexibility index (Phi) is 3.97. The Morgan fingerprint density at radius 3 is 2.96 bits per heavy atom. The average molecular weight is 373 g/mol. The number of aromatic nitrogens is 2. The standard InChI is InChI=1S/C22H19N3O3/c1-27-17-3-5-20-15(9-17)8-16(12-28-20)21-24-19-4-2-13(14-6-7-23-11-14)10-18(19)22(26)25-21/h2-6,9-11,16H,7-8,12H2,1H3,(H,24,25,26). The van der Waals surface area contributed by atoms with Gasteiger partial charge in [-0.25, -0.2) is 4.98 Å². The van der Waals surface area contributed by atoms with Crippen molar-refractivity contribution in [1.29, 1.82) is 0 Å². The van der Waals surface area contributed by atoms with E-state index in [1.807, 2.05) is 48.7 Å². The fourth-order valence-electron chi connectivity index (χ4n) is 3.75. The van der Waals surface area contributed by atoms with E-state index < -0.39 is 0 Å². The number of nitrogens with zero attached hydrogens (tertiary/aromatic N) is 2. The van der Waals surface area contributed by atoms with Crippen LogP contribution in [0.25, 0.3) is 16.5 Å². The molecule has 1 N–H and O–H groups in total. The minimum Gasteiger partial charge on any atom is -0.497 e. The largest absolute Gasteiger partial charge is 0.497 e. The highest BCUT2D eigenvalue weighted by Gasteiger charge is 2.24. The van der Waals surface area contributed by atoms with E-state index in [2.05, 4.69) is 9.98 Å². The molecule has 1 atom stereocenters. The highest BCUT2D eigenvalue weighted by Crippen LogP contribution is 2.33. The van der Waals surface area contributed by atoms with Gasteiger partial charge in [0.15, 0.2) is 0 Å². The second kappa shape index (κ2) is 6.64. The van der Waals surface area contributed by atoms with Crippen molar-refractivity contribution < 1.29 is 9.47 Å². The quantitative estimate of drug-likeness (QED) is 0.765. The maximum Gasteiger partial charge on any atom is 0.258 e. The van der Waals surface area contributed by atoms with Crippen molar-refractivity contribution in [2.24, 2.45) is 4.99 Å². The zero-order chi connectivity index (χ0) is 19.1. The fourth-order valence-corrected chi connectivity index (χ4v) is 3.75. The predicted molar refractivity (Wildman–Crippen MR) is 109 cm³/mol. The number of benzene rings is 2. The first-order chi connectivity index (χ1) is 13.7. The molecule has 0 radical (unpaired) electrons. The Hall–Kier alpha value is -3.41. The van der Waals surface area contributed by atoms with E-state index in [-0.39, 0.29) is 11.5 Å². The van der Waals surface area contributed by atoms with E-state index >= 15 is 0 Å². The Morgan fingerprint density at radius 1 is 1.21 bits per heavy atom. The van der Waals surface area contributed by atoms with Crippen LogP contribution in [0.1, 0.15) is 22.9 Å². The Balaban J connectivity index is 1.50. The predicted octanol–water partition coefficient (Wildman–Crippen LogP) is 3.12. The van der Waals surface area contributed by atoms with Gasteiger partial charge in [0.1, 0.15) is 17.3 Å². The summed E-state index contributed by atoms with van der Waals surface area (Å²) in [4.78, 5) is 24.6. The lowest BCUT2D eigenvalue weighted by Gasteiger charge is -2.25. The van der Waals surface area contributed by atoms with E-state index in [1.54, 1.807) is 7.11 Å². The van der Waals surface area contributed by atoms with Crippen LogP contribution in [-0.4, -0.2) is 36.4 Å². The number of hydrogen-bond acceptors (Lipinski definition) is 5. The molecule has 0 fully saturated rings. The molecule has 5 rings (SSSR count). The monoisotopic (exact) mass is 373 g/mol. The number of fused-ring (bicyclic) bond motifs is 2. The minimum atomic E-state index is -0.131. The summed E-state index contributed by atoms with van der Waals surface area (Å²) in [6.07, 6.45) is 4.62. The molecule has 140 valence electrons. The van der Waals surface area contributed by atoms with Crippen LogP contribution in [-0.2, 0) is 6.42 Å². The van der Waals surface area contributed by atoms with Gasteiger partial charge in [0.25, 0.3) is 5.56 Å². The van der Waals surface area contributed by atoms with Gasteiger partial charge in [-0.3, -0.25) is 9.79 Å². The van der Waals surface area contributed by atoms with Gasteiger partial charge in [0, 0.05) is 6.21 Å². The molecule has 6 heteroatoms. The topological polar surface area (TPSA) is 76.6 Å². The summed E-state index contributed by atoms with van der Waals surface area (Å²) < 4.78 is 11.2. The summed E-state index contributed by atoms with van der Waals surface area (Å²) in [5, 5.41) is 0.584. The molecule has 2 aliphatic heterocycles. The number of aromatic amines is 1. The average Bonchev–Trinajstić information content (AvgIpc) is 3.27. The third-order valence-electron chi connectivity index (χ3n) is 5.26. The molecule has 0 amide bonds. The van der Waals surface area contributed by atoms with Gasteiger partial charge in [0.05, 0.1) is 37.1 Å². The molecule has 0 aliphatic carbocycles. The Bertz CT molecular complexity index is 1190. The zero-order valence-corrected chi connectivity index (χ0v) is 15.4. The SMILES string of the molecule is COc1ccc2c(c1)CC(c1nc3ccc(C4=CCN=C4)cc3c(=O)[nH]1)CO2. The maximum absolute atomic E-state index is 12.7. The molecule has 0 saturated heterocycles. The smallest absolute Gasteiger partial charge is 0.258 e. The lowest BCUT2D eigenvalue weighted by Crippen LogP contribution is -2.24. The number of allylic oxidation sites excluding steroid dienone is 1. The van der Waals surface area contributed by atoms with Crippen LogP contribution in [0, 0.1) is 0 Å². The molecule has 3 heterocycles. The Morgan fingerprint density at radius 2 is 2.14 bits per heavy atom. The molecule has 3 aromatic rings. The van der Waals surface area contributed by atoms with E-state index in [4.69, 9.17) is 14.5 Å². The normalized spacial score (nSPS) is 17.9. The van der Waals surface area contributed by atoms with Crippen LogP contribution in [0.15, 0.2) is 52.3 Å².